The van der Waals surface area contributed by atoms with Crippen molar-refractivity contribution < 1.29 is 0 Å². The molecule has 1 aromatic rings. The van der Waals surface area contributed by atoms with Crippen LogP contribution in [0.3, 0.4) is 0 Å². The van der Waals surface area contributed by atoms with Crippen LogP contribution in [0.5, 0.6) is 0 Å². The number of nitrogens with zero attached hydrogens (tertiary/aromatic N) is 1. The van der Waals surface area contributed by atoms with Crippen LogP contribution in [0.1, 0.15) is 63.9 Å². The van der Waals surface area contributed by atoms with Gasteiger partial charge in [0.05, 0.1) is 5.69 Å². The molecule has 3 nitrogen and oxygen atoms in total. The van der Waals surface area contributed by atoms with Crippen molar-refractivity contribution in [3.63, 3.8) is 0 Å². The molecule has 1 aromatic heterocycles. The summed E-state index contributed by atoms with van der Waals surface area (Å²) in [6.07, 6.45) is 5.62. The summed E-state index contributed by atoms with van der Waals surface area (Å²) in [7, 11) is 0. The van der Waals surface area contributed by atoms with Gasteiger partial charge in [-0.2, -0.15) is 0 Å². The highest BCUT2D eigenvalue weighted by Crippen LogP contribution is 2.34. The second kappa shape index (κ2) is 6.21. The summed E-state index contributed by atoms with van der Waals surface area (Å²) < 4.78 is 0.606. The zero-order valence-corrected chi connectivity index (χ0v) is 13.6. The van der Waals surface area contributed by atoms with E-state index in [1.165, 1.54) is 12.8 Å². The molecule has 0 radical (unpaired) electrons. The third-order valence-corrected chi connectivity index (χ3v) is 4.77. The average molecular weight is 327 g/mol. The fourth-order valence-electron chi connectivity index (χ4n) is 2.77. The number of aromatic amines is 1. The Hall–Kier alpha value is -0.640. The van der Waals surface area contributed by atoms with E-state index >= 15 is 0 Å². The first kappa shape index (κ1) is 14.8. The molecule has 0 amide bonds. The maximum Gasteiger partial charge on any atom is 0.265 e. The van der Waals surface area contributed by atoms with Gasteiger partial charge in [0.25, 0.3) is 5.56 Å². The molecule has 0 aromatic carbocycles. The maximum absolute atomic E-state index is 12.0. The Kier molecular flexibility index (Phi) is 4.82. The molecule has 0 atom stereocenters. The molecule has 19 heavy (non-hydrogen) atoms. The van der Waals surface area contributed by atoms with E-state index < -0.39 is 0 Å². The van der Waals surface area contributed by atoms with Gasteiger partial charge in [-0.25, -0.2) is 4.98 Å². The predicted octanol–water partition coefficient (Wildman–Crippen LogP) is 4.02. The summed E-state index contributed by atoms with van der Waals surface area (Å²) >= 11 is 3.37. The van der Waals surface area contributed by atoms with Crippen LogP contribution in [-0.2, 0) is 6.42 Å². The average Bonchev–Trinajstić information content (AvgIpc) is 2.35. The summed E-state index contributed by atoms with van der Waals surface area (Å²) in [5.41, 5.74) is 0.881. The minimum absolute atomic E-state index is 0.0285. The molecule has 2 rings (SSSR count). The van der Waals surface area contributed by atoms with E-state index in [1.54, 1.807) is 0 Å². The van der Waals surface area contributed by atoms with Crippen molar-refractivity contribution in [1.82, 2.24) is 9.97 Å². The first-order chi connectivity index (χ1) is 8.97. The predicted molar refractivity (Wildman–Crippen MR) is 81.5 cm³/mol. The van der Waals surface area contributed by atoms with E-state index in [0.29, 0.717) is 16.3 Å². The second-order valence-corrected chi connectivity index (χ2v) is 7.06. The SMILES string of the molecule is CC(C)Cc1nc(C2CCC(C)CC2)[nH]c(=O)c1Br. The van der Waals surface area contributed by atoms with Gasteiger partial charge in [0, 0.05) is 5.92 Å². The number of H-pyrrole nitrogens is 1. The van der Waals surface area contributed by atoms with Crippen LogP contribution in [0.4, 0.5) is 0 Å². The maximum atomic E-state index is 12.0. The lowest BCUT2D eigenvalue weighted by Gasteiger charge is -2.25. The minimum Gasteiger partial charge on any atom is -0.309 e. The highest BCUT2D eigenvalue weighted by molar-refractivity contribution is 9.10. The normalized spacial score (nSPS) is 23.8. The Morgan fingerprint density at radius 2 is 1.95 bits per heavy atom. The van der Waals surface area contributed by atoms with Crippen LogP contribution in [0.2, 0.25) is 0 Å². The molecule has 0 aliphatic heterocycles. The van der Waals surface area contributed by atoms with Gasteiger partial charge in [0.2, 0.25) is 0 Å². The largest absolute Gasteiger partial charge is 0.309 e. The van der Waals surface area contributed by atoms with E-state index in [4.69, 9.17) is 4.98 Å². The molecule has 1 aliphatic rings. The van der Waals surface area contributed by atoms with Gasteiger partial charge in [-0.15, -0.1) is 0 Å². The lowest BCUT2D eigenvalue weighted by Crippen LogP contribution is -2.21. The molecule has 1 saturated carbocycles. The van der Waals surface area contributed by atoms with Gasteiger partial charge in [-0.3, -0.25) is 4.79 Å². The third-order valence-electron chi connectivity index (χ3n) is 3.95. The van der Waals surface area contributed by atoms with Crippen molar-refractivity contribution in [1.29, 1.82) is 0 Å². The zero-order valence-electron chi connectivity index (χ0n) is 12.0. The van der Waals surface area contributed by atoms with E-state index in [-0.39, 0.29) is 5.56 Å². The van der Waals surface area contributed by atoms with Crippen LogP contribution in [-0.4, -0.2) is 9.97 Å². The van der Waals surface area contributed by atoms with Crippen molar-refractivity contribution in [3.05, 3.63) is 26.3 Å². The molecule has 0 saturated heterocycles. The molecule has 1 heterocycles. The molecule has 4 heteroatoms. The summed E-state index contributed by atoms with van der Waals surface area (Å²) in [4.78, 5) is 19.7. The standard InChI is InChI=1S/C15H23BrN2O/c1-9(2)8-12-13(16)15(19)18-14(17-12)11-6-4-10(3)5-7-11/h9-11H,4-8H2,1-3H3,(H,17,18,19). The molecule has 0 bridgehead atoms. The van der Waals surface area contributed by atoms with Gasteiger partial charge in [0.15, 0.2) is 0 Å². The Labute approximate surface area is 123 Å². The van der Waals surface area contributed by atoms with Gasteiger partial charge in [-0.1, -0.05) is 33.6 Å². The number of rotatable bonds is 3. The van der Waals surface area contributed by atoms with Crippen LogP contribution in [0.25, 0.3) is 0 Å². The van der Waals surface area contributed by atoms with Gasteiger partial charge in [-0.05, 0) is 47.0 Å². The van der Waals surface area contributed by atoms with Crippen molar-refractivity contribution in [3.8, 4) is 0 Å². The van der Waals surface area contributed by atoms with Crippen molar-refractivity contribution in [2.75, 3.05) is 0 Å². The Bertz CT molecular complexity index is 487. The number of nitrogens with one attached hydrogen (secondary N) is 1. The molecule has 106 valence electrons. The van der Waals surface area contributed by atoms with E-state index in [9.17, 15) is 4.79 Å². The molecule has 1 fully saturated rings. The highest BCUT2D eigenvalue weighted by atomic mass is 79.9. The second-order valence-electron chi connectivity index (χ2n) is 6.27. The molecular formula is C15H23BrN2O. The van der Waals surface area contributed by atoms with Crippen LogP contribution >= 0.6 is 15.9 Å². The third kappa shape index (κ3) is 3.68. The summed E-state index contributed by atoms with van der Waals surface area (Å²) in [6.45, 7) is 6.60. The Morgan fingerprint density at radius 1 is 1.32 bits per heavy atom. The zero-order chi connectivity index (χ0) is 14.0. The topological polar surface area (TPSA) is 45.8 Å². The fourth-order valence-corrected chi connectivity index (χ4v) is 3.12. The first-order valence-corrected chi connectivity index (χ1v) is 8.05. The number of hydrogen-bond acceptors (Lipinski definition) is 2. The monoisotopic (exact) mass is 326 g/mol. The molecular weight excluding hydrogens is 304 g/mol. The van der Waals surface area contributed by atoms with Crippen LogP contribution in [0, 0.1) is 11.8 Å². The number of aromatic nitrogens is 2. The number of hydrogen-bond donors (Lipinski definition) is 1. The quantitative estimate of drug-likeness (QED) is 0.911. The molecule has 1 N–H and O–H groups in total. The van der Waals surface area contributed by atoms with Gasteiger partial charge >= 0.3 is 0 Å². The summed E-state index contributed by atoms with van der Waals surface area (Å²) in [6, 6.07) is 0. The first-order valence-electron chi connectivity index (χ1n) is 7.26. The number of halogens is 1. The summed E-state index contributed by atoms with van der Waals surface area (Å²) in [5, 5.41) is 0. The summed E-state index contributed by atoms with van der Waals surface area (Å²) in [5.74, 6) is 2.65. The van der Waals surface area contributed by atoms with Crippen LogP contribution in [0.15, 0.2) is 9.27 Å². The van der Waals surface area contributed by atoms with Crippen LogP contribution < -0.4 is 5.56 Å². The van der Waals surface area contributed by atoms with Gasteiger partial charge < -0.3 is 4.98 Å². The van der Waals surface area contributed by atoms with Crippen molar-refractivity contribution in [2.24, 2.45) is 11.8 Å². The highest BCUT2D eigenvalue weighted by Gasteiger charge is 2.23. The van der Waals surface area contributed by atoms with E-state index in [1.807, 2.05) is 0 Å². The van der Waals surface area contributed by atoms with E-state index in [2.05, 4.69) is 41.7 Å². The molecule has 0 unspecified atom stereocenters. The van der Waals surface area contributed by atoms with Gasteiger partial charge in [0.1, 0.15) is 10.3 Å². The molecule has 0 spiro atoms. The van der Waals surface area contributed by atoms with Crippen molar-refractivity contribution in [2.45, 2.75) is 58.8 Å². The fraction of sp³-hybridized carbons (Fsp3) is 0.733. The lowest BCUT2D eigenvalue weighted by molar-refractivity contribution is 0.338. The Balaban J connectivity index is 2.26. The lowest BCUT2D eigenvalue weighted by atomic mass is 9.82. The van der Waals surface area contributed by atoms with Crippen molar-refractivity contribution >= 4 is 15.9 Å². The molecule has 1 aliphatic carbocycles. The smallest absolute Gasteiger partial charge is 0.265 e. The van der Waals surface area contributed by atoms with E-state index in [0.717, 1.165) is 36.7 Å². The minimum atomic E-state index is -0.0285. The Morgan fingerprint density at radius 3 is 2.53 bits per heavy atom.